The molecule has 1 unspecified atom stereocenters. The van der Waals surface area contributed by atoms with Gasteiger partial charge in [0.05, 0.1) is 17.6 Å². The Labute approximate surface area is 120 Å². The van der Waals surface area contributed by atoms with Crippen molar-refractivity contribution >= 4 is 5.69 Å². The van der Waals surface area contributed by atoms with Gasteiger partial charge in [-0.05, 0) is 43.0 Å². The topological polar surface area (TPSA) is 42.1 Å². The molecule has 3 rings (SSSR count). The van der Waals surface area contributed by atoms with Crippen molar-refractivity contribution in [3.05, 3.63) is 59.4 Å². The van der Waals surface area contributed by atoms with E-state index in [1.54, 1.807) is 0 Å². The smallest absolute Gasteiger partial charge is 0.0569 e. The van der Waals surface area contributed by atoms with Gasteiger partial charge in [0.15, 0.2) is 0 Å². The molecule has 20 heavy (non-hydrogen) atoms. The fourth-order valence-electron chi connectivity index (χ4n) is 2.77. The number of nitrogens with zero attached hydrogens (tertiary/aromatic N) is 2. The molecule has 0 radical (unpaired) electrons. The van der Waals surface area contributed by atoms with Gasteiger partial charge in [0.1, 0.15) is 0 Å². The van der Waals surface area contributed by atoms with Crippen LogP contribution in [0.15, 0.2) is 42.6 Å². The number of nitrogens with two attached hydrogens (primary N) is 1. The van der Waals surface area contributed by atoms with Crippen LogP contribution < -0.4 is 10.6 Å². The molecule has 0 fully saturated rings. The van der Waals surface area contributed by atoms with Crippen LogP contribution in [-0.4, -0.2) is 11.5 Å². The molecule has 3 nitrogen and oxygen atoms in total. The molecule has 104 valence electrons. The highest BCUT2D eigenvalue weighted by atomic mass is 15.1. The zero-order chi connectivity index (χ0) is 13.9. The fourth-order valence-corrected chi connectivity index (χ4v) is 2.77. The Morgan fingerprint density at radius 2 is 1.95 bits per heavy atom. The minimum atomic E-state index is -0.00564. The lowest BCUT2D eigenvalue weighted by Gasteiger charge is -2.23. The second kappa shape index (κ2) is 5.63. The standard InChI is InChI=1S/C17H21N3/c1-13(18)17-9-8-16(11-19-17)20-10-4-7-14-5-2-3-6-15(14)12-20/h2-3,5-6,8-9,11,13H,4,7,10,12,18H2,1H3. The van der Waals surface area contributed by atoms with Gasteiger partial charge in [-0.1, -0.05) is 24.3 Å². The summed E-state index contributed by atoms with van der Waals surface area (Å²) in [5.74, 6) is 0. The second-order valence-corrected chi connectivity index (χ2v) is 5.52. The largest absolute Gasteiger partial charge is 0.366 e. The summed E-state index contributed by atoms with van der Waals surface area (Å²) in [6.07, 6.45) is 4.30. The Hall–Kier alpha value is -1.87. The summed E-state index contributed by atoms with van der Waals surface area (Å²) in [6.45, 7) is 4.01. The van der Waals surface area contributed by atoms with Crippen LogP contribution in [0.5, 0.6) is 0 Å². The molecular weight excluding hydrogens is 246 g/mol. The predicted molar refractivity (Wildman–Crippen MR) is 82.7 cm³/mol. The number of rotatable bonds is 2. The van der Waals surface area contributed by atoms with Crippen molar-refractivity contribution < 1.29 is 0 Å². The summed E-state index contributed by atoms with van der Waals surface area (Å²) < 4.78 is 0. The normalized spacial score (nSPS) is 16.4. The fraction of sp³-hybridized carbons (Fsp3) is 0.353. The Bertz CT molecular complexity index is 575. The second-order valence-electron chi connectivity index (χ2n) is 5.52. The number of hydrogen-bond acceptors (Lipinski definition) is 3. The molecule has 2 heterocycles. The maximum absolute atomic E-state index is 5.85. The van der Waals surface area contributed by atoms with E-state index in [4.69, 9.17) is 5.73 Å². The molecule has 0 spiro atoms. The Kier molecular flexibility index (Phi) is 3.70. The lowest BCUT2D eigenvalue weighted by atomic mass is 10.0. The summed E-state index contributed by atoms with van der Waals surface area (Å²) in [6, 6.07) is 12.9. The van der Waals surface area contributed by atoms with Gasteiger partial charge < -0.3 is 10.6 Å². The van der Waals surface area contributed by atoms with Gasteiger partial charge in [-0.2, -0.15) is 0 Å². The highest BCUT2D eigenvalue weighted by molar-refractivity contribution is 5.47. The average molecular weight is 267 g/mol. The van der Waals surface area contributed by atoms with Crippen LogP contribution >= 0.6 is 0 Å². The number of hydrogen-bond donors (Lipinski definition) is 1. The van der Waals surface area contributed by atoms with Gasteiger partial charge in [-0.25, -0.2) is 0 Å². The Morgan fingerprint density at radius 1 is 1.15 bits per heavy atom. The van der Waals surface area contributed by atoms with Gasteiger partial charge in [-0.15, -0.1) is 0 Å². The highest BCUT2D eigenvalue weighted by Gasteiger charge is 2.14. The highest BCUT2D eigenvalue weighted by Crippen LogP contribution is 2.23. The lowest BCUT2D eigenvalue weighted by molar-refractivity contribution is 0.754. The van der Waals surface area contributed by atoms with Crippen molar-refractivity contribution in [3.8, 4) is 0 Å². The first-order valence-electron chi connectivity index (χ1n) is 7.27. The number of anilines is 1. The van der Waals surface area contributed by atoms with Crippen LogP contribution in [0.25, 0.3) is 0 Å². The van der Waals surface area contributed by atoms with Crippen molar-refractivity contribution in [2.75, 3.05) is 11.4 Å². The van der Waals surface area contributed by atoms with Crippen molar-refractivity contribution in [2.45, 2.75) is 32.4 Å². The van der Waals surface area contributed by atoms with E-state index in [9.17, 15) is 0 Å². The summed E-state index contributed by atoms with van der Waals surface area (Å²) >= 11 is 0. The number of aryl methyl sites for hydroxylation is 1. The van der Waals surface area contributed by atoms with Crippen LogP contribution in [-0.2, 0) is 13.0 Å². The summed E-state index contributed by atoms with van der Waals surface area (Å²) in [5.41, 5.74) is 10.9. The third kappa shape index (κ3) is 2.68. The molecule has 0 saturated heterocycles. The first-order valence-corrected chi connectivity index (χ1v) is 7.27. The quantitative estimate of drug-likeness (QED) is 0.909. The average Bonchev–Trinajstić information content (AvgIpc) is 2.69. The van der Waals surface area contributed by atoms with E-state index in [2.05, 4.69) is 40.2 Å². The van der Waals surface area contributed by atoms with Gasteiger partial charge in [-0.3, -0.25) is 4.98 Å². The summed E-state index contributed by atoms with van der Waals surface area (Å²) in [5, 5.41) is 0. The summed E-state index contributed by atoms with van der Waals surface area (Å²) in [4.78, 5) is 6.88. The van der Waals surface area contributed by atoms with E-state index >= 15 is 0 Å². The van der Waals surface area contributed by atoms with Crippen molar-refractivity contribution in [3.63, 3.8) is 0 Å². The lowest BCUT2D eigenvalue weighted by Crippen LogP contribution is -2.22. The molecule has 2 aromatic rings. The Balaban J connectivity index is 1.84. The Morgan fingerprint density at radius 3 is 2.65 bits per heavy atom. The minimum absolute atomic E-state index is 0.00564. The van der Waals surface area contributed by atoms with Crippen LogP contribution in [0.4, 0.5) is 5.69 Å². The van der Waals surface area contributed by atoms with Crippen LogP contribution in [0, 0.1) is 0 Å². The third-order valence-electron chi connectivity index (χ3n) is 3.96. The summed E-state index contributed by atoms with van der Waals surface area (Å²) in [7, 11) is 0. The number of fused-ring (bicyclic) bond motifs is 1. The third-order valence-corrected chi connectivity index (χ3v) is 3.96. The number of pyridine rings is 1. The van der Waals surface area contributed by atoms with Gasteiger partial charge in [0, 0.05) is 19.1 Å². The molecular formula is C17H21N3. The number of aromatic nitrogens is 1. The zero-order valence-corrected chi connectivity index (χ0v) is 11.9. The molecule has 0 saturated carbocycles. The van der Waals surface area contributed by atoms with Gasteiger partial charge >= 0.3 is 0 Å². The molecule has 0 bridgehead atoms. The maximum Gasteiger partial charge on any atom is 0.0569 e. The molecule has 0 aliphatic carbocycles. The van der Waals surface area contributed by atoms with E-state index in [1.807, 2.05) is 19.2 Å². The van der Waals surface area contributed by atoms with E-state index in [1.165, 1.54) is 23.2 Å². The van der Waals surface area contributed by atoms with Crippen molar-refractivity contribution in [1.82, 2.24) is 4.98 Å². The molecule has 2 N–H and O–H groups in total. The van der Waals surface area contributed by atoms with E-state index in [-0.39, 0.29) is 6.04 Å². The van der Waals surface area contributed by atoms with Gasteiger partial charge in [0.2, 0.25) is 0 Å². The zero-order valence-electron chi connectivity index (χ0n) is 11.9. The van der Waals surface area contributed by atoms with Crippen LogP contribution in [0.2, 0.25) is 0 Å². The first kappa shape index (κ1) is 13.1. The van der Waals surface area contributed by atoms with Crippen molar-refractivity contribution in [2.24, 2.45) is 5.73 Å². The molecule has 1 aliphatic heterocycles. The molecule has 1 aromatic carbocycles. The van der Waals surface area contributed by atoms with Crippen molar-refractivity contribution in [1.29, 1.82) is 0 Å². The number of benzene rings is 1. The first-order chi connectivity index (χ1) is 9.74. The molecule has 0 amide bonds. The molecule has 1 atom stereocenters. The SMILES string of the molecule is CC(N)c1ccc(N2CCCc3ccccc3C2)cn1. The van der Waals surface area contributed by atoms with Gasteiger partial charge in [0.25, 0.3) is 0 Å². The van der Waals surface area contributed by atoms with E-state index < -0.39 is 0 Å². The van der Waals surface area contributed by atoms with E-state index in [0.29, 0.717) is 0 Å². The van der Waals surface area contributed by atoms with Crippen LogP contribution in [0.1, 0.15) is 36.2 Å². The van der Waals surface area contributed by atoms with E-state index in [0.717, 1.165) is 25.2 Å². The molecule has 3 heteroatoms. The van der Waals surface area contributed by atoms with Crippen LogP contribution in [0.3, 0.4) is 0 Å². The molecule has 1 aromatic heterocycles. The minimum Gasteiger partial charge on any atom is -0.366 e. The maximum atomic E-state index is 5.85. The predicted octanol–water partition coefficient (Wildman–Crippen LogP) is 3.05. The monoisotopic (exact) mass is 267 g/mol. The molecule has 1 aliphatic rings.